The lowest BCUT2D eigenvalue weighted by Gasteiger charge is -2.18. The fourth-order valence-corrected chi connectivity index (χ4v) is 2.25. The third-order valence-electron chi connectivity index (χ3n) is 3.43. The molecule has 3 N–H and O–H groups in total. The van der Waals surface area contributed by atoms with Crippen LogP contribution in [0.25, 0.3) is 6.08 Å². The number of nitrogens with one attached hydrogen (secondary N) is 2. The fraction of sp³-hybridized carbons (Fsp3) is 0.143. The highest BCUT2D eigenvalue weighted by atomic mass is 32.1. The molecule has 4 nitrogen and oxygen atoms in total. The molecule has 5 heteroatoms. The summed E-state index contributed by atoms with van der Waals surface area (Å²) in [6.45, 7) is 3.68. The second-order valence-corrected chi connectivity index (χ2v) is 6.53. The Morgan fingerprint density at radius 3 is 2.38 bits per heavy atom. The average molecular weight is 364 g/mol. The zero-order valence-corrected chi connectivity index (χ0v) is 15.4. The van der Waals surface area contributed by atoms with Gasteiger partial charge in [-0.3, -0.25) is 15.5 Å². The van der Waals surface area contributed by atoms with E-state index in [4.69, 9.17) is 17.4 Å². The van der Waals surface area contributed by atoms with Gasteiger partial charge in [0, 0.05) is 17.2 Å². The van der Waals surface area contributed by atoms with Crippen LogP contribution in [0.1, 0.15) is 30.5 Å². The number of hydrogen-bond acceptors (Lipinski definition) is 3. The van der Waals surface area contributed by atoms with Crippen molar-refractivity contribution in [2.75, 3.05) is 0 Å². The minimum absolute atomic E-state index is 0.206. The third kappa shape index (κ3) is 6.17. The Morgan fingerprint density at radius 2 is 1.77 bits per heavy atom. The Balaban J connectivity index is 2.00. The van der Waals surface area contributed by atoms with Gasteiger partial charge in [-0.25, -0.2) is 0 Å². The molecule has 0 heterocycles. The van der Waals surface area contributed by atoms with Crippen molar-refractivity contribution in [3.63, 3.8) is 0 Å². The number of carbonyl (C=O) groups is 1. The van der Waals surface area contributed by atoms with Gasteiger partial charge in [-0.15, -0.1) is 0 Å². The molecule has 0 unspecified atom stereocenters. The number of hydrogen-bond donors (Lipinski definition) is 3. The number of carbonyl (C=O) groups excluding carboxylic acids is 1. The van der Waals surface area contributed by atoms with E-state index in [0.717, 1.165) is 11.1 Å². The molecule has 26 heavy (non-hydrogen) atoms. The van der Waals surface area contributed by atoms with Gasteiger partial charge >= 0.3 is 0 Å². The Morgan fingerprint density at radius 1 is 1.12 bits per heavy atom. The largest absolute Gasteiger partial charge is 0.337 e. The summed E-state index contributed by atoms with van der Waals surface area (Å²) in [4.78, 5) is 12.3. The van der Waals surface area contributed by atoms with Gasteiger partial charge in [0.15, 0.2) is 0 Å². The zero-order chi connectivity index (χ0) is 19.0. The van der Waals surface area contributed by atoms with Crippen LogP contribution >= 0.6 is 12.2 Å². The highest BCUT2D eigenvalue weighted by molar-refractivity contribution is 7.80. The number of rotatable bonds is 4. The molecule has 0 aliphatic rings. The second kappa shape index (κ2) is 8.95. The maximum atomic E-state index is 12.1. The van der Waals surface area contributed by atoms with E-state index in [-0.39, 0.29) is 10.9 Å². The number of hydroxylamine groups is 1. The van der Waals surface area contributed by atoms with Crippen LogP contribution in [0.15, 0.2) is 60.7 Å². The summed E-state index contributed by atoms with van der Waals surface area (Å²) in [6.07, 6.45) is 3.26. The van der Waals surface area contributed by atoms with Crippen molar-refractivity contribution in [1.82, 2.24) is 10.8 Å². The van der Waals surface area contributed by atoms with Gasteiger partial charge in [0.05, 0.1) is 5.54 Å². The number of benzene rings is 2. The van der Waals surface area contributed by atoms with Crippen LogP contribution in [-0.4, -0.2) is 21.6 Å². The molecular weight excluding hydrogens is 344 g/mol. The summed E-state index contributed by atoms with van der Waals surface area (Å²) in [5, 5.41) is 11.7. The molecule has 132 valence electrons. The first kappa shape index (κ1) is 19.4. The summed E-state index contributed by atoms with van der Waals surface area (Å²) in [6, 6.07) is 16.8. The van der Waals surface area contributed by atoms with Gasteiger partial charge in [-0.05, 0) is 37.6 Å². The summed E-state index contributed by atoms with van der Waals surface area (Å²) in [7, 11) is 0. The predicted molar refractivity (Wildman–Crippen MR) is 108 cm³/mol. The molecule has 2 aromatic rings. The highest BCUT2D eigenvalue weighted by Gasteiger charge is 2.15. The second-order valence-electron chi connectivity index (χ2n) is 6.13. The molecule has 0 saturated heterocycles. The maximum Gasteiger partial charge on any atom is 0.245 e. The SMILES string of the molecule is CC(C)(C#Cc1ccc(C(=S)NO)cc1)NC(=O)C=Cc1ccccc1. The molecule has 0 radical (unpaired) electrons. The van der Waals surface area contributed by atoms with Crippen LogP contribution in [0.2, 0.25) is 0 Å². The van der Waals surface area contributed by atoms with Crippen LogP contribution in [0, 0.1) is 11.8 Å². The van der Waals surface area contributed by atoms with E-state index in [1.165, 1.54) is 6.08 Å². The van der Waals surface area contributed by atoms with Gasteiger partial charge < -0.3 is 5.32 Å². The van der Waals surface area contributed by atoms with Gasteiger partial charge in [0.25, 0.3) is 0 Å². The van der Waals surface area contributed by atoms with Gasteiger partial charge in [0.2, 0.25) is 5.91 Å². The topological polar surface area (TPSA) is 61.4 Å². The Bertz CT molecular complexity index is 860. The summed E-state index contributed by atoms with van der Waals surface area (Å²) in [5.41, 5.74) is 3.71. The molecule has 0 fully saturated rings. The maximum absolute atomic E-state index is 12.1. The zero-order valence-electron chi connectivity index (χ0n) is 14.6. The molecule has 2 rings (SSSR count). The lowest BCUT2D eigenvalue weighted by molar-refractivity contribution is -0.117. The van der Waals surface area contributed by atoms with Crippen LogP contribution in [0.5, 0.6) is 0 Å². The predicted octanol–water partition coefficient (Wildman–Crippen LogP) is 3.30. The molecule has 0 spiro atoms. The van der Waals surface area contributed by atoms with E-state index in [1.54, 1.807) is 30.3 Å². The fourth-order valence-electron chi connectivity index (χ4n) is 2.11. The first-order chi connectivity index (χ1) is 12.4. The molecule has 0 aliphatic carbocycles. The normalized spacial score (nSPS) is 10.7. The highest BCUT2D eigenvalue weighted by Crippen LogP contribution is 2.06. The van der Waals surface area contributed by atoms with Crippen LogP contribution < -0.4 is 10.8 Å². The van der Waals surface area contributed by atoms with Gasteiger partial charge in [0.1, 0.15) is 4.99 Å². The van der Waals surface area contributed by atoms with E-state index in [2.05, 4.69) is 17.2 Å². The average Bonchev–Trinajstić information content (AvgIpc) is 2.65. The van der Waals surface area contributed by atoms with Crippen LogP contribution in [0.3, 0.4) is 0 Å². The van der Waals surface area contributed by atoms with E-state index in [0.29, 0.717) is 5.56 Å². The molecule has 0 aliphatic heterocycles. The van der Waals surface area contributed by atoms with Crippen molar-refractivity contribution in [3.05, 3.63) is 77.4 Å². The first-order valence-electron chi connectivity index (χ1n) is 8.02. The van der Waals surface area contributed by atoms with Crippen molar-refractivity contribution in [3.8, 4) is 11.8 Å². The van der Waals surface area contributed by atoms with Crippen molar-refractivity contribution in [1.29, 1.82) is 0 Å². The minimum atomic E-state index is -0.682. The van der Waals surface area contributed by atoms with Gasteiger partial charge in [-0.2, -0.15) is 0 Å². The van der Waals surface area contributed by atoms with E-state index >= 15 is 0 Å². The molecule has 0 aromatic heterocycles. The minimum Gasteiger partial charge on any atom is -0.337 e. The Labute approximate surface area is 158 Å². The molecule has 0 saturated carbocycles. The van der Waals surface area contributed by atoms with E-state index in [9.17, 15) is 4.79 Å². The molecular formula is C21H20N2O2S. The van der Waals surface area contributed by atoms with Crippen molar-refractivity contribution in [2.24, 2.45) is 0 Å². The molecule has 0 bridgehead atoms. The lowest BCUT2D eigenvalue weighted by Crippen LogP contribution is -2.41. The van der Waals surface area contributed by atoms with Crippen LogP contribution in [-0.2, 0) is 4.79 Å². The summed E-state index contributed by atoms with van der Waals surface area (Å²) < 4.78 is 0. The number of thiocarbonyl (C=S) groups is 1. The van der Waals surface area contributed by atoms with Crippen molar-refractivity contribution >= 4 is 29.2 Å². The first-order valence-corrected chi connectivity index (χ1v) is 8.43. The molecule has 2 aromatic carbocycles. The molecule has 1 amide bonds. The van der Waals surface area contributed by atoms with Crippen LogP contribution in [0.4, 0.5) is 0 Å². The lowest BCUT2D eigenvalue weighted by atomic mass is 10.0. The Hall–Kier alpha value is -2.94. The third-order valence-corrected chi connectivity index (χ3v) is 3.76. The summed E-state index contributed by atoms with van der Waals surface area (Å²) >= 11 is 4.95. The standard InChI is InChI=1S/C21H20N2O2S/c1-21(2,22-19(24)13-10-16-6-4-3-5-7-16)15-14-17-8-11-18(12-9-17)20(26)23-25/h3-13,25H,1-2H3,(H,22,24)(H,23,26). The Kier molecular flexibility index (Phi) is 6.67. The smallest absolute Gasteiger partial charge is 0.245 e. The number of amides is 1. The van der Waals surface area contributed by atoms with E-state index < -0.39 is 5.54 Å². The monoisotopic (exact) mass is 364 g/mol. The van der Waals surface area contributed by atoms with Crippen molar-refractivity contribution in [2.45, 2.75) is 19.4 Å². The quantitative estimate of drug-likeness (QED) is 0.337. The summed E-state index contributed by atoms with van der Waals surface area (Å²) in [5.74, 6) is 5.88. The van der Waals surface area contributed by atoms with E-state index in [1.807, 2.05) is 49.7 Å². The van der Waals surface area contributed by atoms with Gasteiger partial charge in [-0.1, -0.05) is 66.5 Å². The molecule has 0 atom stereocenters. The van der Waals surface area contributed by atoms with Crippen molar-refractivity contribution < 1.29 is 10.0 Å².